The van der Waals surface area contributed by atoms with Gasteiger partial charge in [0.2, 0.25) is 0 Å². The van der Waals surface area contributed by atoms with Crippen LogP contribution in [0.2, 0.25) is 0 Å². The standard InChI is InChI=1S/2C21H28N6O.C15H15IN4O.C6H14N2/c2*1-3-25-7-9-26(10-8-25)14-17-15-27(13-16(2)28-17)20-12-24-19(11-22)21-18(20)5-4-6-23-21;1-10-8-20(9-11(5-16)21-10)14-7-19-13(6-17)15-12(14)3-2-4-18-15;1-2-8-5-3-7-4-6-8/h2*4-6,12,16-17H,3,7-10,13-15H2,1-2H3;2-4,7,10-11H,5,8-9H2,1H3;7H,2-6H2,1H3/t2*16-,17+;10-,11+;/m111./s1. The fourth-order valence-electron chi connectivity index (χ4n) is 12.4. The number of pyridine rings is 6. The summed E-state index contributed by atoms with van der Waals surface area (Å²) in [5.41, 5.74) is 6.27. The average molecular weight is 1270 g/mol. The molecule has 1 N–H and O–H groups in total. The monoisotopic (exact) mass is 1270 g/mol. The molecule has 12 heterocycles. The van der Waals surface area contributed by atoms with Crippen LogP contribution in [0, 0.1) is 34.0 Å². The molecule has 452 valence electrons. The molecule has 6 aromatic heterocycles. The van der Waals surface area contributed by atoms with Crippen LogP contribution in [0.5, 0.6) is 0 Å². The second-order valence-corrected chi connectivity index (χ2v) is 23.6. The first-order valence-corrected chi connectivity index (χ1v) is 32.0. The number of ether oxygens (including phenoxy) is 3. The first-order chi connectivity index (χ1) is 41.5. The smallest absolute Gasteiger partial charge is 0.166 e. The molecule has 6 saturated heterocycles. The highest BCUT2D eigenvalue weighted by atomic mass is 127. The minimum atomic E-state index is 0.151. The summed E-state index contributed by atoms with van der Waals surface area (Å²) in [5.74, 6) is 0. The number of likely N-dealkylation sites (N-methyl/N-ethyl adjacent to an activating group) is 3. The molecule has 6 fully saturated rings. The molecule has 6 atom stereocenters. The summed E-state index contributed by atoms with van der Waals surface area (Å²) in [5, 5.41) is 34.1. The molecular weight excluding hydrogens is 1180 g/mol. The van der Waals surface area contributed by atoms with E-state index in [4.69, 9.17) is 14.2 Å². The molecule has 0 radical (unpaired) electrons. The van der Waals surface area contributed by atoms with Gasteiger partial charge in [-0.05, 0) is 76.8 Å². The first kappa shape index (κ1) is 63.4. The number of anilines is 3. The minimum absolute atomic E-state index is 0.151. The predicted molar refractivity (Wildman–Crippen MR) is 343 cm³/mol. The van der Waals surface area contributed by atoms with E-state index in [1.165, 1.54) is 32.7 Å². The number of alkyl halides is 1. The average Bonchev–Trinajstić information content (AvgIpc) is 2.66. The molecule has 6 aliphatic rings. The zero-order valence-corrected chi connectivity index (χ0v) is 52.7. The zero-order chi connectivity index (χ0) is 59.7. The van der Waals surface area contributed by atoms with Crippen molar-refractivity contribution in [3.8, 4) is 18.2 Å². The lowest BCUT2D eigenvalue weighted by Crippen LogP contribution is -2.54. The highest BCUT2D eigenvalue weighted by Crippen LogP contribution is 2.32. The molecule has 0 unspecified atom stereocenters. The van der Waals surface area contributed by atoms with Crippen LogP contribution >= 0.6 is 22.6 Å². The maximum absolute atomic E-state index is 9.34. The number of piperazine rings is 3. The fourth-order valence-corrected chi connectivity index (χ4v) is 12.9. The van der Waals surface area contributed by atoms with Crippen molar-refractivity contribution in [2.75, 3.05) is 170 Å². The maximum atomic E-state index is 9.34. The molecule has 12 rings (SSSR count). The van der Waals surface area contributed by atoms with Gasteiger partial charge >= 0.3 is 0 Å². The molecule has 0 amide bonds. The Balaban J connectivity index is 0.000000144. The van der Waals surface area contributed by atoms with Crippen molar-refractivity contribution < 1.29 is 14.2 Å². The summed E-state index contributed by atoms with van der Waals surface area (Å²) in [7, 11) is 0. The molecule has 21 nitrogen and oxygen atoms in total. The van der Waals surface area contributed by atoms with E-state index in [0.717, 1.165) is 155 Å². The second-order valence-electron chi connectivity index (χ2n) is 22.7. The topological polar surface area (TPSA) is 214 Å². The van der Waals surface area contributed by atoms with Crippen LogP contribution in [-0.2, 0) is 14.2 Å². The number of morpholine rings is 3. The minimum Gasteiger partial charge on any atom is -0.371 e. The van der Waals surface area contributed by atoms with Gasteiger partial charge in [-0.2, -0.15) is 15.8 Å². The Morgan fingerprint density at radius 3 is 1.09 bits per heavy atom. The molecule has 22 heteroatoms. The third kappa shape index (κ3) is 16.7. The lowest BCUT2D eigenvalue weighted by molar-refractivity contribution is -0.0378. The van der Waals surface area contributed by atoms with E-state index in [-0.39, 0.29) is 36.6 Å². The van der Waals surface area contributed by atoms with Crippen LogP contribution in [0.1, 0.15) is 58.6 Å². The number of rotatable bonds is 11. The number of nitrogens with zero attached hydrogens (tertiary/aromatic N) is 17. The van der Waals surface area contributed by atoms with Crippen LogP contribution in [0.3, 0.4) is 0 Å². The largest absolute Gasteiger partial charge is 0.371 e. The summed E-state index contributed by atoms with van der Waals surface area (Å²) in [4.78, 5) is 45.6. The Kier molecular flexibility index (Phi) is 23.5. The lowest BCUT2D eigenvalue weighted by Gasteiger charge is -2.42. The predicted octanol–water partition coefficient (Wildman–Crippen LogP) is 5.91. The number of hydrogen-bond acceptors (Lipinski definition) is 21. The van der Waals surface area contributed by atoms with E-state index in [0.29, 0.717) is 33.6 Å². The molecule has 6 aliphatic heterocycles. The van der Waals surface area contributed by atoms with Gasteiger partial charge in [-0.25, -0.2) is 15.0 Å². The van der Waals surface area contributed by atoms with Crippen molar-refractivity contribution in [1.29, 1.82) is 15.8 Å². The highest BCUT2D eigenvalue weighted by molar-refractivity contribution is 14.1. The Bertz CT molecular complexity index is 3080. The molecule has 85 heavy (non-hydrogen) atoms. The van der Waals surface area contributed by atoms with Crippen molar-refractivity contribution in [3.05, 3.63) is 90.7 Å². The van der Waals surface area contributed by atoms with Crippen molar-refractivity contribution in [1.82, 2.24) is 59.7 Å². The van der Waals surface area contributed by atoms with Crippen LogP contribution in [0.15, 0.2) is 73.6 Å². The molecule has 0 aliphatic carbocycles. The summed E-state index contributed by atoms with van der Waals surface area (Å²) < 4.78 is 19.4. The molecule has 0 spiro atoms. The number of hydrogen-bond donors (Lipinski definition) is 1. The maximum Gasteiger partial charge on any atom is 0.166 e. The van der Waals surface area contributed by atoms with Gasteiger partial charge in [0, 0.05) is 170 Å². The fraction of sp³-hybridized carbons (Fsp3) is 0.571. The Labute approximate surface area is 516 Å². The van der Waals surface area contributed by atoms with E-state index >= 15 is 0 Å². The van der Waals surface area contributed by atoms with Gasteiger partial charge in [0.25, 0.3) is 0 Å². The van der Waals surface area contributed by atoms with Crippen molar-refractivity contribution in [2.45, 2.75) is 78.2 Å². The van der Waals surface area contributed by atoms with Gasteiger partial charge in [-0.15, -0.1) is 0 Å². The van der Waals surface area contributed by atoms with E-state index in [1.54, 1.807) is 24.8 Å². The summed E-state index contributed by atoms with van der Waals surface area (Å²) in [6.45, 7) is 37.1. The van der Waals surface area contributed by atoms with Crippen LogP contribution < -0.4 is 20.0 Å². The van der Waals surface area contributed by atoms with Crippen molar-refractivity contribution in [3.63, 3.8) is 0 Å². The van der Waals surface area contributed by atoms with Gasteiger partial charge in [-0.1, -0.05) is 43.4 Å². The Hall–Kier alpha value is -6.08. The van der Waals surface area contributed by atoms with E-state index < -0.39 is 0 Å². The van der Waals surface area contributed by atoms with Crippen molar-refractivity contribution >= 4 is 72.4 Å². The summed E-state index contributed by atoms with van der Waals surface area (Å²) >= 11 is 2.35. The number of aromatic nitrogens is 6. The quantitative estimate of drug-likeness (QED) is 0.118. The Morgan fingerprint density at radius 1 is 0.459 bits per heavy atom. The molecule has 0 saturated carbocycles. The molecule has 0 bridgehead atoms. The van der Waals surface area contributed by atoms with E-state index in [2.05, 4.69) is 157 Å². The molecule has 6 aromatic rings. The van der Waals surface area contributed by atoms with Gasteiger partial charge in [0.1, 0.15) is 34.8 Å². The van der Waals surface area contributed by atoms with E-state index in [1.807, 2.05) is 48.8 Å². The molecule has 0 aromatic carbocycles. The number of nitrogens with one attached hydrogen (secondary N) is 1. The molecular formula is C63H85IN18O3. The van der Waals surface area contributed by atoms with Crippen molar-refractivity contribution in [2.24, 2.45) is 0 Å². The third-order valence-corrected chi connectivity index (χ3v) is 17.7. The van der Waals surface area contributed by atoms with Crippen LogP contribution in [-0.4, -0.2) is 246 Å². The van der Waals surface area contributed by atoms with E-state index in [9.17, 15) is 15.8 Å². The van der Waals surface area contributed by atoms with Crippen LogP contribution in [0.25, 0.3) is 32.7 Å². The summed E-state index contributed by atoms with van der Waals surface area (Å²) in [6.07, 6.45) is 11.6. The van der Waals surface area contributed by atoms with Gasteiger partial charge in [0.15, 0.2) is 17.1 Å². The van der Waals surface area contributed by atoms with Gasteiger partial charge in [0.05, 0.1) is 72.3 Å². The number of halogens is 1. The summed E-state index contributed by atoms with van der Waals surface area (Å²) in [6, 6.07) is 18.2. The third-order valence-electron chi connectivity index (χ3n) is 16.8. The first-order valence-electron chi connectivity index (χ1n) is 30.5. The highest BCUT2D eigenvalue weighted by Gasteiger charge is 2.32. The lowest BCUT2D eigenvalue weighted by atomic mass is 10.1. The zero-order valence-electron chi connectivity index (χ0n) is 50.6. The van der Waals surface area contributed by atoms with Gasteiger partial charge < -0.3 is 48.9 Å². The number of fused-ring (bicyclic) bond motifs is 3. The Morgan fingerprint density at radius 2 is 0.776 bits per heavy atom. The SMILES string of the molecule is CCN1CCN(C[C@H]2CN(c3cnc(C#N)c4ncccc34)C[C@@H](C)O2)CC1.CCN1CCN(C[C@H]2CN(c3cnc(C#N)c4ncccc34)C[C@@H](C)O2)CC1.CCN1CCNCC1.C[C@@H]1CN(c2cnc(C#N)c3ncccc23)C[C@H](CI)O1. The van der Waals surface area contributed by atoms with Gasteiger partial charge in [-0.3, -0.25) is 24.8 Å². The van der Waals surface area contributed by atoms with Crippen LogP contribution in [0.4, 0.5) is 17.1 Å². The normalized spacial score (nSPS) is 23.8. The second kappa shape index (κ2) is 31.5. The number of nitriles is 3.